The van der Waals surface area contributed by atoms with Crippen molar-refractivity contribution in [3.05, 3.63) is 29.8 Å². The molecule has 0 amide bonds. The fourth-order valence-electron chi connectivity index (χ4n) is 3.00. The first-order chi connectivity index (χ1) is 9.51. The Bertz CT molecular complexity index is 485. The average molecular weight is 278 g/mol. The van der Waals surface area contributed by atoms with E-state index in [1.807, 2.05) is 26.0 Å². The molecule has 1 aliphatic rings. The maximum Gasteiger partial charge on any atom is 0.309 e. The SMILES string of the molecule is CCCCC(C(=O)O)C1(O)c2ccccc2OCC1C. The summed E-state index contributed by atoms with van der Waals surface area (Å²) in [6.45, 7) is 4.20. The number of hydrogen-bond donors (Lipinski definition) is 2. The van der Waals surface area contributed by atoms with Crippen molar-refractivity contribution in [2.75, 3.05) is 6.61 Å². The van der Waals surface area contributed by atoms with Gasteiger partial charge in [0.25, 0.3) is 0 Å². The van der Waals surface area contributed by atoms with Crippen LogP contribution in [0, 0.1) is 11.8 Å². The largest absolute Gasteiger partial charge is 0.493 e. The number of fused-ring (bicyclic) bond motifs is 1. The van der Waals surface area contributed by atoms with Gasteiger partial charge in [0, 0.05) is 11.5 Å². The second-order valence-corrected chi connectivity index (χ2v) is 5.57. The summed E-state index contributed by atoms with van der Waals surface area (Å²) >= 11 is 0. The Morgan fingerprint density at radius 2 is 2.20 bits per heavy atom. The summed E-state index contributed by atoms with van der Waals surface area (Å²) in [6.07, 6.45) is 2.17. The minimum atomic E-state index is -1.37. The molecule has 0 aromatic heterocycles. The van der Waals surface area contributed by atoms with Crippen molar-refractivity contribution in [2.45, 2.75) is 38.7 Å². The lowest BCUT2D eigenvalue weighted by Crippen LogP contribution is -2.49. The van der Waals surface area contributed by atoms with E-state index in [4.69, 9.17) is 4.74 Å². The fraction of sp³-hybridized carbons (Fsp3) is 0.562. The van der Waals surface area contributed by atoms with Crippen LogP contribution >= 0.6 is 0 Å². The molecule has 1 aliphatic heterocycles. The molecule has 1 aromatic carbocycles. The smallest absolute Gasteiger partial charge is 0.309 e. The van der Waals surface area contributed by atoms with Gasteiger partial charge in [0.05, 0.1) is 12.5 Å². The molecule has 3 unspecified atom stereocenters. The summed E-state index contributed by atoms with van der Waals surface area (Å²) in [6, 6.07) is 7.19. The van der Waals surface area contributed by atoms with Crippen LogP contribution in [0.2, 0.25) is 0 Å². The van der Waals surface area contributed by atoms with Gasteiger partial charge < -0.3 is 14.9 Å². The lowest BCUT2D eigenvalue weighted by molar-refractivity contribution is -0.163. The number of aliphatic hydroxyl groups is 1. The van der Waals surface area contributed by atoms with E-state index in [-0.39, 0.29) is 5.92 Å². The summed E-state index contributed by atoms with van der Waals surface area (Å²) in [5.41, 5.74) is -0.766. The molecule has 0 saturated heterocycles. The zero-order chi connectivity index (χ0) is 14.8. The standard InChI is InChI=1S/C16H22O4/c1-3-4-7-13(15(17)18)16(19)11(2)10-20-14-9-6-5-8-12(14)16/h5-6,8-9,11,13,19H,3-4,7,10H2,1-2H3,(H,17,18). The van der Waals surface area contributed by atoms with Gasteiger partial charge in [0.15, 0.2) is 0 Å². The van der Waals surface area contributed by atoms with Crippen LogP contribution in [0.15, 0.2) is 24.3 Å². The molecule has 3 atom stereocenters. The molecule has 1 heterocycles. The Morgan fingerprint density at radius 3 is 2.85 bits per heavy atom. The molecular weight excluding hydrogens is 256 g/mol. The van der Waals surface area contributed by atoms with Crippen LogP contribution in [0.1, 0.15) is 38.7 Å². The number of ether oxygens (including phenoxy) is 1. The Morgan fingerprint density at radius 1 is 1.50 bits per heavy atom. The van der Waals surface area contributed by atoms with E-state index in [0.29, 0.717) is 24.3 Å². The normalized spacial score (nSPS) is 26.4. The second-order valence-electron chi connectivity index (χ2n) is 5.57. The number of hydrogen-bond acceptors (Lipinski definition) is 3. The molecule has 110 valence electrons. The number of aliphatic carboxylic acids is 1. The van der Waals surface area contributed by atoms with Crippen molar-refractivity contribution in [1.82, 2.24) is 0 Å². The first-order valence-electron chi connectivity index (χ1n) is 7.19. The van der Waals surface area contributed by atoms with Crippen LogP contribution in [-0.4, -0.2) is 22.8 Å². The molecule has 0 spiro atoms. The predicted molar refractivity (Wildman–Crippen MR) is 75.6 cm³/mol. The zero-order valence-electron chi connectivity index (χ0n) is 12.0. The molecule has 4 nitrogen and oxygen atoms in total. The molecular formula is C16H22O4. The summed E-state index contributed by atoms with van der Waals surface area (Å²) in [4.78, 5) is 11.7. The number of carboxylic acids is 1. The van der Waals surface area contributed by atoms with Crippen molar-refractivity contribution >= 4 is 5.97 Å². The molecule has 2 N–H and O–H groups in total. The summed E-state index contributed by atoms with van der Waals surface area (Å²) in [7, 11) is 0. The minimum Gasteiger partial charge on any atom is -0.493 e. The lowest BCUT2D eigenvalue weighted by atomic mass is 9.70. The molecule has 1 aromatic rings. The highest BCUT2D eigenvalue weighted by Crippen LogP contribution is 2.46. The molecule has 2 rings (SSSR count). The van der Waals surface area contributed by atoms with Crippen molar-refractivity contribution in [3.63, 3.8) is 0 Å². The quantitative estimate of drug-likeness (QED) is 0.869. The number of carboxylic acid groups (broad SMARTS) is 1. The molecule has 0 fully saturated rings. The highest BCUT2D eigenvalue weighted by atomic mass is 16.5. The van der Waals surface area contributed by atoms with Gasteiger partial charge >= 0.3 is 5.97 Å². The number of benzene rings is 1. The molecule has 20 heavy (non-hydrogen) atoms. The Labute approximate surface area is 119 Å². The van der Waals surface area contributed by atoms with Gasteiger partial charge in [-0.15, -0.1) is 0 Å². The topological polar surface area (TPSA) is 66.8 Å². The summed E-state index contributed by atoms with van der Waals surface area (Å²) in [5, 5.41) is 20.7. The number of unbranched alkanes of at least 4 members (excludes halogenated alkanes) is 1. The van der Waals surface area contributed by atoms with Crippen molar-refractivity contribution in [2.24, 2.45) is 11.8 Å². The summed E-state index contributed by atoms with van der Waals surface area (Å²) < 4.78 is 5.61. The van der Waals surface area contributed by atoms with Gasteiger partial charge in [0.1, 0.15) is 11.4 Å². The minimum absolute atomic E-state index is 0.254. The zero-order valence-corrected chi connectivity index (χ0v) is 12.0. The molecule has 0 radical (unpaired) electrons. The van der Waals surface area contributed by atoms with E-state index in [2.05, 4.69) is 0 Å². The Balaban J connectivity index is 2.46. The lowest BCUT2D eigenvalue weighted by Gasteiger charge is -2.43. The number of para-hydroxylation sites is 1. The molecule has 0 saturated carbocycles. The van der Waals surface area contributed by atoms with E-state index in [0.717, 1.165) is 12.8 Å². The van der Waals surface area contributed by atoms with Gasteiger partial charge in [-0.1, -0.05) is 44.9 Å². The van der Waals surface area contributed by atoms with Gasteiger partial charge in [-0.25, -0.2) is 0 Å². The monoisotopic (exact) mass is 278 g/mol. The van der Waals surface area contributed by atoms with E-state index < -0.39 is 17.5 Å². The van der Waals surface area contributed by atoms with E-state index >= 15 is 0 Å². The van der Waals surface area contributed by atoms with Crippen LogP contribution in [0.3, 0.4) is 0 Å². The Hall–Kier alpha value is -1.55. The van der Waals surface area contributed by atoms with Crippen LogP contribution in [-0.2, 0) is 10.4 Å². The van der Waals surface area contributed by atoms with Crippen LogP contribution in [0.5, 0.6) is 5.75 Å². The van der Waals surface area contributed by atoms with Gasteiger partial charge in [-0.3, -0.25) is 4.79 Å². The van der Waals surface area contributed by atoms with Crippen LogP contribution in [0.4, 0.5) is 0 Å². The Kier molecular flexibility index (Phi) is 4.33. The predicted octanol–water partition coefficient (Wildman–Crippen LogP) is 2.79. The van der Waals surface area contributed by atoms with Gasteiger partial charge in [-0.05, 0) is 12.5 Å². The fourth-order valence-corrected chi connectivity index (χ4v) is 3.00. The average Bonchev–Trinajstić information content (AvgIpc) is 2.43. The summed E-state index contributed by atoms with van der Waals surface area (Å²) in [5.74, 6) is -1.40. The van der Waals surface area contributed by atoms with Crippen molar-refractivity contribution < 1.29 is 19.7 Å². The third kappa shape index (κ3) is 2.40. The molecule has 4 heteroatoms. The van der Waals surface area contributed by atoms with Gasteiger partial charge in [0.2, 0.25) is 0 Å². The first kappa shape index (κ1) is 14.9. The highest BCUT2D eigenvalue weighted by molar-refractivity contribution is 5.72. The molecule has 0 aliphatic carbocycles. The van der Waals surface area contributed by atoms with E-state index in [9.17, 15) is 15.0 Å². The third-order valence-electron chi connectivity index (χ3n) is 4.23. The van der Waals surface area contributed by atoms with Crippen LogP contribution in [0.25, 0.3) is 0 Å². The maximum absolute atomic E-state index is 11.7. The first-order valence-corrected chi connectivity index (χ1v) is 7.19. The van der Waals surface area contributed by atoms with Crippen molar-refractivity contribution in [3.8, 4) is 5.75 Å². The number of rotatable bonds is 5. The third-order valence-corrected chi connectivity index (χ3v) is 4.23. The van der Waals surface area contributed by atoms with E-state index in [1.54, 1.807) is 12.1 Å². The van der Waals surface area contributed by atoms with Gasteiger partial charge in [-0.2, -0.15) is 0 Å². The second kappa shape index (κ2) is 5.83. The van der Waals surface area contributed by atoms with E-state index in [1.165, 1.54) is 0 Å². The number of carbonyl (C=O) groups is 1. The highest BCUT2D eigenvalue weighted by Gasteiger charge is 2.50. The van der Waals surface area contributed by atoms with Crippen LogP contribution < -0.4 is 4.74 Å². The molecule has 0 bridgehead atoms. The van der Waals surface area contributed by atoms with Crippen molar-refractivity contribution in [1.29, 1.82) is 0 Å². The maximum atomic E-state index is 11.7.